The fourth-order valence-corrected chi connectivity index (χ4v) is 5.83. The molecule has 0 fully saturated rings. The third kappa shape index (κ3) is 13.4. The summed E-state index contributed by atoms with van der Waals surface area (Å²) in [6, 6.07) is -1.00. The maximum absolute atomic E-state index is 12.7. The molecule has 13 nitrogen and oxygen atoms in total. The van der Waals surface area contributed by atoms with E-state index in [1.54, 1.807) is 20.8 Å². The molecule has 0 bridgehead atoms. The Morgan fingerprint density at radius 1 is 0.944 bits per heavy atom. The summed E-state index contributed by atoms with van der Waals surface area (Å²) < 4.78 is 28.1. The minimum atomic E-state index is -5.58. The van der Waals surface area contributed by atoms with Crippen molar-refractivity contribution in [3.63, 3.8) is 0 Å². The number of hydrogen-bond donors (Lipinski definition) is 7. The molecule has 7 N–H and O–H groups in total. The molecule has 36 heavy (non-hydrogen) atoms. The summed E-state index contributed by atoms with van der Waals surface area (Å²) in [5, 5.41) is 11.3. The third-order valence-electron chi connectivity index (χ3n) is 4.95. The molecule has 0 spiro atoms. The Morgan fingerprint density at radius 2 is 1.47 bits per heavy atom. The minimum absolute atomic E-state index is 0.246. The van der Waals surface area contributed by atoms with E-state index >= 15 is 0 Å². The van der Waals surface area contributed by atoms with E-state index < -0.39 is 50.3 Å². The smallest absolute Gasteiger partial charge is 0.408 e. The Kier molecular flexibility index (Phi) is 15.6. The number of halogens is 2. The molecule has 1 atom stereocenters. The van der Waals surface area contributed by atoms with Crippen LogP contribution in [0.5, 0.6) is 0 Å². The normalized spacial score (nSPS) is 14.0. The molecule has 0 saturated carbocycles. The van der Waals surface area contributed by atoms with Gasteiger partial charge in [0.25, 0.3) is 5.08 Å². The van der Waals surface area contributed by atoms with Crippen LogP contribution in [0.2, 0.25) is 0 Å². The Labute approximate surface area is 221 Å². The maximum atomic E-state index is 12.7. The van der Waals surface area contributed by atoms with Gasteiger partial charge >= 0.3 is 21.3 Å². The van der Waals surface area contributed by atoms with Crippen molar-refractivity contribution in [3.8, 4) is 0 Å². The number of alkyl carbamates (subject to hydrolysis) is 1. The van der Waals surface area contributed by atoms with Gasteiger partial charge in [-0.05, 0) is 53.0 Å². The number of amides is 2. The monoisotopic (exact) mass is 601 g/mol. The van der Waals surface area contributed by atoms with Gasteiger partial charge in [-0.2, -0.15) is 0 Å². The number of unbranched alkanes of at least 4 members (excludes halogenated alkanes) is 1. The Hall–Kier alpha value is -0.460. The molecule has 0 rings (SSSR count). The number of nitrogens with zero attached hydrogens (tertiary/aromatic N) is 1. The number of aliphatic hydroxyl groups is 1. The molecule has 0 aromatic heterocycles. The topological polar surface area (TPSA) is 206 Å². The summed E-state index contributed by atoms with van der Waals surface area (Å²) in [5.41, 5.74) is -0.801. The highest BCUT2D eigenvalue weighted by molar-refractivity contribution is 7.72. The molecule has 0 aromatic carbocycles. The second-order valence-corrected chi connectivity index (χ2v) is 13.9. The first-order chi connectivity index (χ1) is 16.4. The number of carbonyl (C=O) groups excluding carboxylic acids is 2. The molecule has 17 heteroatoms. The van der Waals surface area contributed by atoms with Crippen molar-refractivity contribution in [1.29, 1.82) is 0 Å². The van der Waals surface area contributed by atoms with E-state index in [0.29, 0.717) is 44.2 Å². The zero-order chi connectivity index (χ0) is 28.2. The van der Waals surface area contributed by atoms with Gasteiger partial charge < -0.3 is 45.0 Å². The molecular weight excluding hydrogens is 563 g/mol. The molecule has 2 amide bonds. The SMILES string of the molecule is CC(C)(C)OC(=O)N[C@@H](CCCCN(CCCl)CCCl)C(=O)NCCCC(O)(P(=O)(O)O)P(=O)(O)O. The summed E-state index contributed by atoms with van der Waals surface area (Å²) in [6.07, 6.45) is -0.663. The average Bonchev–Trinajstić information content (AvgIpc) is 2.70. The minimum Gasteiger partial charge on any atom is -0.444 e. The average molecular weight is 602 g/mol. The Morgan fingerprint density at radius 3 is 1.92 bits per heavy atom. The van der Waals surface area contributed by atoms with Crippen LogP contribution >= 0.6 is 38.4 Å². The van der Waals surface area contributed by atoms with E-state index in [1.165, 1.54) is 0 Å². The van der Waals surface area contributed by atoms with E-state index in [-0.39, 0.29) is 19.4 Å². The van der Waals surface area contributed by atoms with Gasteiger partial charge in [-0.1, -0.05) is 0 Å². The van der Waals surface area contributed by atoms with E-state index in [2.05, 4.69) is 15.5 Å². The Bertz CT molecular complexity index is 760. The maximum Gasteiger partial charge on any atom is 0.408 e. The molecule has 214 valence electrons. The van der Waals surface area contributed by atoms with Crippen molar-refractivity contribution in [2.75, 3.05) is 37.9 Å². The highest BCUT2D eigenvalue weighted by Gasteiger charge is 2.58. The zero-order valence-corrected chi connectivity index (χ0v) is 24.0. The van der Waals surface area contributed by atoms with Crippen LogP contribution in [-0.2, 0) is 18.7 Å². The lowest BCUT2D eigenvalue weighted by Gasteiger charge is -2.29. The van der Waals surface area contributed by atoms with Gasteiger partial charge in [0.15, 0.2) is 0 Å². The first kappa shape index (κ1) is 35.5. The van der Waals surface area contributed by atoms with Crippen LogP contribution in [0.3, 0.4) is 0 Å². The van der Waals surface area contributed by atoms with Gasteiger partial charge in [-0.15, -0.1) is 23.2 Å². The molecule has 0 aliphatic heterocycles. The van der Waals surface area contributed by atoms with E-state index in [1.807, 2.05) is 0 Å². The molecule has 0 aliphatic rings. The molecule has 0 heterocycles. The van der Waals surface area contributed by atoms with Crippen LogP contribution in [0.4, 0.5) is 4.79 Å². The van der Waals surface area contributed by atoms with Crippen LogP contribution in [0.25, 0.3) is 0 Å². The lowest BCUT2D eigenvalue weighted by atomic mass is 10.1. The van der Waals surface area contributed by atoms with Crippen molar-refractivity contribution in [2.24, 2.45) is 0 Å². The van der Waals surface area contributed by atoms with Crippen LogP contribution in [0.15, 0.2) is 0 Å². The van der Waals surface area contributed by atoms with Crippen LogP contribution in [-0.4, -0.2) is 96.2 Å². The van der Waals surface area contributed by atoms with Crippen molar-refractivity contribution in [2.45, 2.75) is 69.6 Å². The summed E-state index contributed by atoms with van der Waals surface area (Å²) in [5.74, 6) is 0.262. The van der Waals surface area contributed by atoms with E-state index in [4.69, 9.17) is 27.9 Å². The number of ether oxygens (including phenoxy) is 1. The van der Waals surface area contributed by atoms with Crippen LogP contribution < -0.4 is 10.6 Å². The summed E-state index contributed by atoms with van der Waals surface area (Å²) in [4.78, 5) is 63.7. The van der Waals surface area contributed by atoms with Crippen molar-refractivity contribution >= 4 is 50.4 Å². The van der Waals surface area contributed by atoms with Gasteiger partial charge in [0.2, 0.25) is 5.91 Å². The highest BCUT2D eigenvalue weighted by Crippen LogP contribution is 2.69. The fraction of sp³-hybridized carbons (Fsp3) is 0.895. The first-order valence-corrected chi connectivity index (χ1v) is 15.6. The van der Waals surface area contributed by atoms with Gasteiger partial charge in [-0.3, -0.25) is 13.9 Å². The third-order valence-corrected chi connectivity index (χ3v) is 9.16. The molecular formula is C19H39Cl2N3O10P2. The van der Waals surface area contributed by atoms with Crippen molar-refractivity contribution < 1.29 is 48.1 Å². The zero-order valence-electron chi connectivity index (χ0n) is 20.7. The van der Waals surface area contributed by atoms with Crippen LogP contribution in [0.1, 0.15) is 52.9 Å². The summed E-state index contributed by atoms with van der Waals surface area (Å²) in [7, 11) is -11.2. The first-order valence-electron chi connectivity index (χ1n) is 11.3. The summed E-state index contributed by atoms with van der Waals surface area (Å²) in [6.45, 7) is 6.71. The van der Waals surface area contributed by atoms with Gasteiger partial charge in [0.1, 0.15) is 11.6 Å². The van der Waals surface area contributed by atoms with Crippen molar-refractivity contribution in [1.82, 2.24) is 15.5 Å². The lowest BCUT2D eigenvalue weighted by Crippen LogP contribution is -2.48. The predicted octanol–water partition coefficient (Wildman–Crippen LogP) is 1.73. The molecule has 0 aromatic rings. The second-order valence-electron chi connectivity index (χ2n) is 9.17. The van der Waals surface area contributed by atoms with Crippen molar-refractivity contribution in [3.05, 3.63) is 0 Å². The standard InChI is InChI=1S/C19H39Cl2N3O10P2/c1-18(2,3)34-17(26)23-15(7-4-5-12-24(13-9-20)14-10-21)16(25)22-11-6-8-19(27,35(28,29)30)36(31,32)33/h15,27H,4-14H2,1-3H3,(H,22,25)(H,23,26)(H2,28,29,30)(H2,31,32,33)/t15-/m0/s1. The molecule has 0 saturated heterocycles. The van der Waals surface area contributed by atoms with Gasteiger partial charge in [-0.25, -0.2) is 4.79 Å². The summed E-state index contributed by atoms with van der Waals surface area (Å²) >= 11 is 11.6. The quantitative estimate of drug-likeness (QED) is 0.0725. The number of hydrogen-bond acceptors (Lipinski definition) is 7. The Balaban J connectivity index is 5.08. The predicted molar refractivity (Wildman–Crippen MR) is 136 cm³/mol. The van der Waals surface area contributed by atoms with Gasteiger partial charge in [0.05, 0.1) is 0 Å². The largest absolute Gasteiger partial charge is 0.444 e. The lowest BCUT2D eigenvalue weighted by molar-refractivity contribution is -0.123. The van der Waals surface area contributed by atoms with Crippen LogP contribution in [0, 0.1) is 0 Å². The fourth-order valence-electron chi connectivity index (χ4n) is 3.10. The molecule has 0 unspecified atom stereocenters. The molecule has 0 aliphatic carbocycles. The molecule has 0 radical (unpaired) electrons. The van der Waals surface area contributed by atoms with E-state index in [0.717, 1.165) is 0 Å². The highest BCUT2D eigenvalue weighted by atomic mass is 35.5. The number of nitrogens with one attached hydrogen (secondary N) is 2. The number of rotatable bonds is 17. The number of carbonyl (C=O) groups is 2. The second kappa shape index (κ2) is 15.8. The van der Waals surface area contributed by atoms with Gasteiger partial charge in [0, 0.05) is 37.8 Å². The van der Waals surface area contributed by atoms with E-state index in [9.17, 15) is 43.4 Å². The number of alkyl halides is 2.